The first-order valence-electron chi connectivity index (χ1n) is 8.45. The van der Waals surface area contributed by atoms with Crippen molar-refractivity contribution in [1.29, 1.82) is 0 Å². The Labute approximate surface area is 152 Å². The fourth-order valence-electron chi connectivity index (χ4n) is 2.69. The van der Waals surface area contributed by atoms with Crippen molar-refractivity contribution in [2.24, 2.45) is 0 Å². The molecule has 2 aromatic carbocycles. The van der Waals surface area contributed by atoms with Gasteiger partial charge < -0.3 is 25.2 Å². The molecule has 0 saturated heterocycles. The molecule has 0 amide bonds. The Morgan fingerprint density at radius 2 is 1.62 bits per heavy atom. The maximum absolute atomic E-state index is 12.0. The summed E-state index contributed by atoms with van der Waals surface area (Å²) in [4.78, 5) is 12.0. The van der Waals surface area contributed by atoms with E-state index in [4.69, 9.17) is 4.74 Å². The van der Waals surface area contributed by atoms with E-state index >= 15 is 0 Å². The van der Waals surface area contributed by atoms with E-state index in [-0.39, 0.29) is 35.9 Å². The van der Waals surface area contributed by atoms with Crippen molar-refractivity contribution in [3.05, 3.63) is 47.5 Å². The highest BCUT2D eigenvalue weighted by Crippen LogP contribution is 2.27. The number of aliphatic hydroxyl groups is 1. The average Bonchev–Trinajstić information content (AvgIpc) is 2.62. The molecule has 6 nitrogen and oxygen atoms in total. The lowest BCUT2D eigenvalue weighted by Gasteiger charge is -2.11. The van der Waals surface area contributed by atoms with Crippen LogP contribution >= 0.6 is 0 Å². The highest BCUT2D eigenvalue weighted by molar-refractivity contribution is 5.79. The van der Waals surface area contributed by atoms with Crippen molar-refractivity contribution >= 4 is 5.78 Å². The number of aliphatic hydroxyl groups excluding tert-OH is 1. The molecule has 1 atom stereocenters. The minimum atomic E-state index is -0.740. The van der Waals surface area contributed by atoms with Crippen LogP contribution < -0.4 is 4.74 Å². The number of hydrogen-bond acceptors (Lipinski definition) is 6. The first-order valence-corrected chi connectivity index (χ1v) is 8.45. The van der Waals surface area contributed by atoms with Gasteiger partial charge in [-0.15, -0.1) is 0 Å². The average molecular weight is 360 g/mol. The molecule has 140 valence electrons. The third-order valence-corrected chi connectivity index (χ3v) is 4.21. The molecule has 2 rings (SSSR count). The van der Waals surface area contributed by atoms with Crippen molar-refractivity contribution in [2.75, 3.05) is 7.11 Å². The fraction of sp³-hybridized carbons (Fsp3) is 0.350. The summed E-state index contributed by atoms with van der Waals surface area (Å²) in [5.74, 6) is -0.0218. The maximum atomic E-state index is 12.0. The quantitative estimate of drug-likeness (QED) is 0.512. The minimum Gasteiger partial charge on any atom is -0.504 e. The molecule has 0 fully saturated rings. The zero-order valence-electron chi connectivity index (χ0n) is 14.7. The summed E-state index contributed by atoms with van der Waals surface area (Å²) in [5, 5.41) is 38.3. The number of benzene rings is 2. The van der Waals surface area contributed by atoms with Crippen molar-refractivity contribution in [2.45, 2.75) is 38.2 Å². The third-order valence-electron chi connectivity index (χ3n) is 4.21. The van der Waals surface area contributed by atoms with Crippen molar-refractivity contribution in [3.8, 4) is 23.0 Å². The van der Waals surface area contributed by atoms with Crippen LogP contribution in [-0.4, -0.2) is 39.4 Å². The standard InChI is InChI=1S/C20H24O6/c1-26-20-11-14(5-9-18(20)24)3-7-16(22)12-15(21)6-2-13-4-8-17(23)19(25)10-13/h4-5,8-11,16,22-25H,2-3,6-7,12H2,1H3/t16-/m0/s1. The van der Waals surface area contributed by atoms with E-state index < -0.39 is 6.10 Å². The monoisotopic (exact) mass is 360 g/mol. The van der Waals surface area contributed by atoms with Crippen LogP contribution in [0.25, 0.3) is 0 Å². The summed E-state index contributed by atoms with van der Waals surface area (Å²) in [6.45, 7) is 0. The summed E-state index contributed by atoms with van der Waals surface area (Å²) in [7, 11) is 1.47. The Hall–Kier alpha value is -2.73. The number of ether oxygens (including phenoxy) is 1. The zero-order chi connectivity index (χ0) is 19.1. The summed E-state index contributed by atoms with van der Waals surface area (Å²) < 4.78 is 5.05. The van der Waals surface area contributed by atoms with Crippen LogP contribution in [0.5, 0.6) is 23.0 Å². The summed E-state index contributed by atoms with van der Waals surface area (Å²) in [6.07, 6.45) is 1.02. The predicted molar refractivity (Wildman–Crippen MR) is 96.7 cm³/mol. The SMILES string of the molecule is COc1cc(CC[C@H](O)CC(=O)CCc2ccc(O)c(O)c2)ccc1O. The number of hydrogen-bond donors (Lipinski definition) is 4. The number of aryl methyl sites for hydroxylation is 2. The van der Waals surface area contributed by atoms with Gasteiger partial charge in [-0.3, -0.25) is 4.79 Å². The molecule has 0 bridgehead atoms. The predicted octanol–water partition coefficient (Wildman–Crippen LogP) is 2.70. The number of rotatable bonds is 9. The van der Waals surface area contributed by atoms with Gasteiger partial charge in [0, 0.05) is 12.8 Å². The fourth-order valence-corrected chi connectivity index (χ4v) is 2.69. The van der Waals surface area contributed by atoms with E-state index in [1.807, 2.05) is 0 Å². The smallest absolute Gasteiger partial charge is 0.160 e. The second-order valence-corrected chi connectivity index (χ2v) is 6.26. The number of carbonyl (C=O) groups excluding carboxylic acids is 1. The van der Waals surface area contributed by atoms with Crippen LogP contribution in [0.2, 0.25) is 0 Å². The second-order valence-electron chi connectivity index (χ2n) is 6.26. The molecule has 6 heteroatoms. The first kappa shape index (κ1) is 19.6. The number of phenols is 3. The number of methoxy groups -OCH3 is 1. The molecular formula is C20H24O6. The van der Waals surface area contributed by atoms with Crippen molar-refractivity contribution < 1.29 is 30.0 Å². The summed E-state index contributed by atoms with van der Waals surface area (Å²) >= 11 is 0. The molecule has 0 spiro atoms. The molecule has 0 heterocycles. The van der Waals surface area contributed by atoms with E-state index in [9.17, 15) is 25.2 Å². The largest absolute Gasteiger partial charge is 0.504 e. The van der Waals surface area contributed by atoms with Gasteiger partial charge >= 0.3 is 0 Å². The number of Topliss-reactive ketones (excluding diaryl/α,β-unsaturated/α-hetero) is 1. The molecule has 0 aliphatic heterocycles. The van der Waals surface area contributed by atoms with E-state index in [1.54, 1.807) is 24.3 Å². The van der Waals surface area contributed by atoms with Gasteiger partial charge in [-0.05, 0) is 54.7 Å². The highest BCUT2D eigenvalue weighted by atomic mass is 16.5. The molecule has 0 unspecified atom stereocenters. The molecule has 26 heavy (non-hydrogen) atoms. The molecule has 2 aromatic rings. The number of ketones is 1. The molecule has 0 aliphatic rings. The lowest BCUT2D eigenvalue weighted by Crippen LogP contribution is -2.15. The molecule has 0 radical (unpaired) electrons. The Kier molecular flexibility index (Phi) is 6.86. The summed E-state index contributed by atoms with van der Waals surface area (Å²) in [5.41, 5.74) is 1.66. The first-order chi connectivity index (χ1) is 12.4. The number of aromatic hydroxyl groups is 3. The van der Waals surface area contributed by atoms with Crippen LogP contribution in [0, 0.1) is 0 Å². The molecule has 0 saturated carbocycles. The van der Waals surface area contributed by atoms with Crippen LogP contribution in [0.4, 0.5) is 0 Å². The number of phenolic OH excluding ortho intramolecular Hbond substituents is 3. The molecule has 0 aromatic heterocycles. The topological polar surface area (TPSA) is 107 Å². The van der Waals surface area contributed by atoms with Crippen molar-refractivity contribution in [3.63, 3.8) is 0 Å². The van der Waals surface area contributed by atoms with E-state index in [1.165, 1.54) is 19.2 Å². The van der Waals surface area contributed by atoms with E-state index in [0.717, 1.165) is 11.1 Å². The van der Waals surface area contributed by atoms with Gasteiger partial charge in [0.2, 0.25) is 0 Å². The molecule has 0 aliphatic carbocycles. The third kappa shape index (κ3) is 5.67. The van der Waals surface area contributed by atoms with Crippen LogP contribution in [0.15, 0.2) is 36.4 Å². The number of carbonyl (C=O) groups is 1. The molecule has 4 N–H and O–H groups in total. The lowest BCUT2D eigenvalue weighted by molar-refractivity contribution is -0.121. The summed E-state index contributed by atoms with van der Waals surface area (Å²) in [6, 6.07) is 9.47. The van der Waals surface area contributed by atoms with Crippen LogP contribution in [-0.2, 0) is 17.6 Å². The van der Waals surface area contributed by atoms with Gasteiger partial charge in [-0.1, -0.05) is 12.1 Å². The Morgan fingerprint density at radius 1 is 0.962 bits per heavy atom. The van der Waals surface area contributed by atoms with Gasteiger partial charge in [0.25, 0.3) is 0 Å². The van der Waals surface area contributed by atoms with Crippen LogP contribution in [0.1, 0.15) is 30.4 Å². The molecular weight excluding hydrogens is 336 g/mol. The van der Waals surface area contributed by atoms with Gasteiger partial charge in [0.15, 0.2) is 23.0 Å². The zero-order valence-corrected chi connectivity index (χ0v) is 14.7. The van der Waals surface area contributed by atoms with E-state index in [0.29, 0.717) is 25.0 Å². The Balaban J connectivity index is 1.77. The maximum Gasteiger partial charge on any atom is 0.160 e. The minimum absolute atomic E-state index is 0.0617. The highest BCUT2D eigenvalue weighted by Gasteiger charge is 2.12. The van der Waals surface area contributed by atoms with Gasteiger partial charge in [-0.25, -0.2) is 0 Å². The van der Waals surface area contributed by atoms with Gasteiger partial charge in [0.05, 0.1) is 13.2 Å². The Morgan fingerprint density at radius 3 is 2.27 bits per heavy atom. The second kappa shape index (κ2) is 9.10. The van der Waals surface area contributed by atoms with Crippen LogP contribution in [0.3, 0.4) is 0 Å². The Bertz CT molecular complexity index is 756. The lowest BCUT2D eigenvalue weighted by atomic mass is 10.00. The van der Waals surface area contributed by atoms with Gasteiger partial charge in [0.1, 0.15) is 5.78 Å². The van der Waals surface area contributed by atoms with Crippen molar-refractivity contribution in [1.82, 2.24) is 0 Å². The van der Waals surface area contributed by atoms with Gasteiger partial charge in [-0.2, -0.15) is 0 Å². The normalized spacial score (nSPS) is 11.9. The van der Waals surface area contributed by atoms with E-state index in [2.05, 4.69) is 0 Å².